The van der Waals surface area contributed by atoms with Crippen LogP contribution >= 0.6 is 0 Å². The molecule has 0 spiro atoms. The lowest BCUT2D eigenvalue weighted by atomic mass is 10.1. The number of allylic oxidation sites excluding steroid dienone is 1. The fourth-order valence-corrected chi connectivity index (χ4v) is 5.38. The summed E-state index contributed by atoms with van der Waals surface area (Å²) < 4.78 is 10.3. The fourth-order valence-electron chi connectivity index (χ4n) is 5.38. The zero-order valence-electron chi connectivity index (χ0n) is 32.6. The highest BCUT2D eigenvalue weighted by Gasteiger charge is 2.11. The average molecular weight is 789 g/mol. The molecule has 0 unspecified atom stereocenters. The minimum Gasteiger partial charge on any atom is -0.497 e. The molecular weight excluding hydrogens is 745 g/mol. The van der Waals surface area contributed by atoms with Gasteiger partial charge < -0.3 is 25.4 Å². The van der Waals surface area contributed by atoms with E-state index in [0.717, 1.165) is 61.8 Å². The van der Waals surface area contributed by atoms with Gasteiger partial charge in [-0.3, -0.25) is 10.2 Å². The molecule has 0 aliphatic rings. The van der Waals surface area contributed by atoms with E-state index >= 15 is 0 Å². The minimum atomic E-state index is -0.0566. The van der Waals surface area contributed by atoms with Gasteiger partial charge in [0, 0.05) is 37.7 Å². The van der Waals surface area contributed by atoms with E-state index in [4.69, 9.17) is 45.6 Å². The molecule has 1 aromatic heterocycles. The van der Waals surface area contributed by atoms with Crippen LogP contribution in [-0.4, -0.2) is 46.0 Å². The van der Waals surface area contributed by atoms with E-state index < -0.39 is 0 Å². The molecule has 0 saturated carbocycles. The number of ether oxygens (including phenoxy) is 2. The Hall–Kier alpha value is -7.60. The summed E-state index contributed by atoms with van der Waals surface area (Å²) in [6, 6.07) is 51.2. The van der Waals surface area contributed by atoms with E-state index in [1.165, 1.54) is 6.08 Å². The number of nitrogens with two attached hydrogens (primary N) is 1. The maximum Gasteiger partial charge on any atom is 0.185 e. The quantitative estimate of drug-likeness (QED) is 0.0426. The molecule has 1 heterocycles. The number of rotatable bonds is 11. The Morgan fingerprint density at radius 3 is 1.47 bits per heavy atom. The second-order valence-corrected chi connectivity index (χ2v) is 12.5. The van der Waals surface area contributed by atoms with Crippen molar-refractivity contribution in [2.45, 2.75) is 13.2 Å². The van der Waals surface area contributed by atoms with Crippen LogP contribution in [0.25, 0.3) is 40.0 Å². The van der Waals surface area contributed by atoms with Crippen LogP contribution in [0.4, 0.5) is 0 Å². The van der Waals surface area contributed by atoms with Crippen LogP contribution in [0.5, 0.6) is 11.5 Å². The first-order valence-corrected chi connectivity index (χ1v) is 18.2. The average Bonchev–Trinajstić information content (AvgIpc) is 3.32. The number of carbonyl (C=O) groups is 1. The summed E-state index contributed by atoms with van der Waals surface area (Å²) in [6.07, 6.45) is 3.30. The number of carbonyl (C=O) groups excluding carboxylic acids is 1. The van der Waals surface area contributed by atoms with Gasteiger partial charge in [0.15, 0.2) is 11.6 Å². The van der Waals surface area contributed by atoms with Crippen LogP contribution in [0.1, 0.15) is 32.6 Å². The number of aliphatic hydroxyl groups is 2. The molecule has 0 atom stereocenters. The number of aromatic nitrogens is 2. The van der Waals surface area contributed by atoms with E-state index in [1.54, 1.807) is 44.6 Å². The van der Waals surface area contributed by atoms with Crippen molar-refractivity contribution in [2.24, 2.45) is 5.73 Å². The van der Waals surface area contributed by atoms with E-state index in [9.17, 15) is 9.90 Å². The van der Waals surface area contributed by atoms with Crippen molar-refractivity contribution in [1.82, 2.24) is 9.97 Å². The molecule has 0 radical (unpaired) electrons. The molecule has 298 valence electrons. The van der Waals surface area contributed by atoms with E-state index in [1.807, 2.05) is 140 Å². The molecule has 11 nitrogen and oxygen atoms in total. The summed E-state index contributed by atoms with van der Waals surface area (Å²) in [6.45, 7) is 0.0468. The number of hydrogen-bond donors (Lipinski definition) is 4. The zero-order chi connectivity index (χ0) is 42.4. The van der Waals surface area contributed by atoms with Gasteiger partial charge in [-0.05, 0) is 77.4 Å². The van der Waals surface area contributed by atoms with Crippen molar-refractivity contribution >= 4 is 17.7 Å². The van der Waals surface area contributed by atoms with Crippen LogP contribution in [0.2, 0.25) is 0 Å². The summed E-state index contributed by atoms with van der Waals surface area (Å²) in [7, 11) is 3.24. The third-order valence-electron chi connectivity index (χ3n) is 8.62. The molecule has 0 saturated heterocycles. The van der Waals surface area contributed by atoms with Crippen molar-refractivity contribution in [2.75, 3.05) is 14.2 Å². The van der Waals surface area contributed by atoms with Gasteiger partial charge in [-0.15, -0.1) is 0 Å². The second-order valence-electron chi connectivity index (χ2n) is 12.5. The standard InChI is InChI=1S/C24H20N2O2.C17H16O3.C7H8N2.O2/c1-28-21-13-11-19(12-14-21)23-15-22(18-9-7-17(16-27)8-10-18)25-24(26-23)20-5-3-2-4-6-20;1-20-16-9-7-15(8-10-16)17(19)11-6-13-2-4-14(12-18)5-3-13;8-7(9)6-4-2-1-3-5-6;1-2/h2-15,27H,16H2,1H3;2-11,18H,12H2,1H3;1-5H,(H3,8,9);/b;11-6+;;. The number of nitrogens with zero attached hydrogens (tertiary/aromatic N) is 2. The number of benzene rings is 6. The third kappa shape index (κ3) is 13.5. The molecule has 0 amide bonds. The van der Waals surface area contributed by atoms with Gasteiger partial charge in [-0.2, -0.15) is 0 Å². The molecule has 0 fully saturated rings. The van der Waals surface area contributed by atoms with Gasteiger partial charge in [0.1, 0.15) is 17.3 Å². The second kappa shape index (κ2) is 23.5. The third-order valence-corrected chi connectivity index (χ3v) is 8.62. The number of hydrogen-bond acceptors (Lipinski definition) is 10. The van der Waals surface area contributed by atoms with Crippen molar-refractivity contribution < 1.29 is 24.5 Å². The van der Waals surface area contributed by atoms with Gasteiger partial charge in [-0.25, -0.2) is 9.97 Å². The van der Waals surface area contributed by atoms with Crippen LogP contribution < -0.4 is 15.2 Å². The zero-order valence-corrected chi connectivity index (χ0v) is 32.6. The minimum absolute atomic E-state index is 0.0226. The molecule has 7 aromatic rings. The number of nitrogen functional groups attached to an aromatic ring is 1. The van der Waals surface area contributed by atoms with Gasteiger partial charge in [-0.1, -0.05) is 115 Å². The predicted octanol–water partition coefficient (Wildman–Crippen LogP) is 9.10. The number of nitrogens with one attached hydrogen (secondary N) is 1. The maximum absolute atomic E-state index is 12.0. The van der Waals surface area contributed by atoms with Crippen LogP contribution in [0.3, 0.4) is 0 Å². The maximum atomic E-state index is 12.0. The highest BCUT2D eigenvalue weighted by atomic mass is 16.7. The highest BCUT2D eigenvalue weighted by Crippen LogP contribution is 2.28. The molecule has 59 heavy (non-hydrogen) atoms. The Bertz CT molecular complexity index is 2310. The molecule has 6 aromatic carbocycles. The van der Waals surface area contributed by atoms with E-state index in [-0.39, 0.29) is 24.8 Å². The van der Waals surface area contributed by atoms with Crippen LogP contribution in [0.15, 0.2) is 170 Å². The normalized spacial score (nSPS) is 10.1. The Morgan fingerprint density at radius 2 is 1.03 bits per heavy atom. The van der Waals surface area contributed by atoms with Gasteiger partial charge in [0.2, 0.25) is 0 Å². The molecular formula is C48H44N4O7. The predicted molar refractivity (Wildman–Crippen MR) is 234 cm³/mol. The number of aliphatic hydroxyl groups excluding tert-OH is 2. The molecule has 7 rings (SSSR count). The molecule has 5 N–H and O–H groups in total. The molecule has 0 aliphatic carbocycles. The van der Waals surface area contributed by atoms with Gasteiger partial charge in [0.25, 0.3) is 0 Å². The van der Waals surface area contributed by atoms with Crippen molar-refractivity contribution in [3.63, 3.8) is 0 Å². The molecule has 0 bridgehead atoms. The number of amidine groups is 1. The summed E-state index contributed by atoms with van der Waals surface area (Å²) in [4.78, 5) is 35.6. The van der Waals surface area contributed by atoms with Crippen LogP contribution in [0, 0.1) is 15.3 Å². The Balaban J connectivity index is 0.000000215. The van der Waals surface area contributed by atoms with E-state index in [0.29, 0.717) is 11.4 Å². The topological polar surface area (TPSA) is 186 Å². The fraction of sp³-hybridized carbons (Fsp3) is 0.0833. The summed E-state index contributed by atoms with van der Waals surface area (Å²) in [5, 5.41) is 25.3. The Kier molecular flexibility index (Phi) is 17.5. The first-order valence-electron chi connectivity index (χ1n) is 18.2. The van der Waals surface area contributed by atoms with Crippen LogP contribution in [-0.2, 0) is 13.2 Å². The Labute approximate surface area is 342 Å². The smallest absolute Gasteiger partial charge is 0.185 e. The molecule has 0 aliphatic heterocycles. The van der Waals surface area contributed by atoms with Gasteiger partial charge >= 0.3 is 0 Å². The monoisotopic (exact) mass is 788 g/mol. The highest BCUT2D eigenvalue weighted by molar-refractivity contribution is 6.06. The number of methoxy groups -OCH3 is 2. The lowest BCUT2D eigenvalue weighted by Gasteiger charge is -2.10. The summed E-state index contributed by atoms with van der Waals surface area (Å²) in [5.74, 6) is 2.27. The summed E-state index contributed by atoms with van der Waals surface area (Å²) in [5.41, 5.74) is 13.9. The van der Waals surface area contributed by atoms with Gasteiger partial charge in [0.05, 0.1) is 38.8 Å². The first kappa shape index (κ1) is 44.1. The largest absolute Gasteiger partial charge is 0.497 e. The van der Waals surface area contributed by atoms with E-state index in [2.05, 4.69) is 0 Å². The lowest BCUT2D eigenvalue weighted by molar-refractivity contribution is 0.104. The lowest BCUT2D eigenvalue weighted by Crippen LogP contribution is -2.10. The van der Waals surface area contributed by atoms with Crippen molar-refractivity contribution in [3.8, 4) is 45.4 Å². The number of ketones is 1. The first-order chi connectivity index (χ1) is 28.8. The summed E-state index contributed by atoms with van der Waals surface area (Å²) >= 11 is 0. The van der Waals surface area contributed by atoms with Crippen molar-refractivity contribution in [1.29, 1.82) is 5.41 Å². The molecule has 11 heteroatoms. The Morgan fingerprint density at radius 1 is 0.593 bits per heavy atom. The van der Waals surface area contributed by atoms with Crippen molar-refractivity contribution in [3.05, 3.63) is 208 Å². The SMILES string of the molecule is COc1ccc(-c2cc(-c3ccc(CO)cc3)nc(-c3ccccc3)n2)cc1.COc1ccc(C(=O)/C=C/c2ccc(CO)cc2)cc1.N=C(N)c1ccccc1.O=O.